The van der Waals surface area contributed by atoms with Gasteiger partial charge in [0.1, 0.15) is 5.02 Å². The molecule has 1 aromatic heterocycles. The zero-order chi connectivity index (χ0) is 5.98. The van der Waals surface area contributed by atoms with Gasteiger partial charge in [0.2, 0.25) is 0 Å². The van der Waals surface area contributed by atoms with Gasteiger partial charge in [0.25, 0.3) is 0 Å². The number of nitrogens with zero attached hydrogens (tertiary/aromatic N) is 2. The monoisotopic (exact) mass is 129 g/mol. The van der Waals surface area contributed by atoms with Crippen LogP contribution in [0.4, 0.5) is 0 Å². The van der Waals surface area contributed by atoms with Crippen molar-refractivity contribution in [1.29, 1.82) is 0 Å². The molecule has 1 aromatic rings. The van der Waals surface area contributed by atoms with Crippen LogP contribution in [0.1, 0.15) is 0 Å². The second-order valence-electron chi connectivity index (χ2n) is 1.18. The molecule has 0 amide bonds. The predicted molar refractivity (Wildman–Crippen MR) is 27.2 cm³/mol. The lowest BCUT2D eigenvalue weighted by atomic mass is 10.6. The number of rotatable bonds is 0. The van der Waals surface area contributed by atoms with Gasteiger partial charge in [-0.15, -0.1) is 5.10 Å². The van der Waals surface area contributed by atoms with Crippen LogP contribution >= 0.6 is 11.6 Å². The van der Waals surface area contributed by atoms with E-state index in [9.17, 15) is 5.11 Å². The largest absolute Gasteiger partial charge is 0.306 e. The second kappa shape index (κ2) is 1.96. The molecule has 0 unspecified atom stereocenters. The van der Waals surface area contributed by atoms with E-state index in [2.05, 4.69) is 10.2 Å². The number of aromatic nitrogens is 2. The molecule has 0 aromatic carbocycles. The van der Waals surface area contributed by atoms with Crippen LogP contribution in [0.25, 0.3) is 0 Å². The molecule has 0 spiro atoms. The van der Waals surface area contributed by atoms with E-state index in [1.54, 1.807) is 0 Å². The molecular weight excluding hydrogens is 128 g/mol. The summed E-state index contributed by atoms with van der Waals surface area (Å²) in [5.41, 5.74) is 0. The van der Waals surface area contributed by atoms with Crippen LogP contribution in [0.2, 0.25) is 5.02 Å². The van der Waals surface area contributed by atoms with Gasteiger partial charge >= 0.3 is 5.88 Å². The van der Waals surface area contributed by atoms with E-state index in [0.29, 0.717) is 0 Å². The van der Waals surface area contributed by atoms with Gasteiger partial charge in [0.15, 0.2) is 0 Å². The maximum atomic E-state index is 10.3. The Balaban J connectivity index is 3.13. The molecule has 1 heterocycles. The zero-order valence-electron chi connectivity index (χ0n) is 3.84. The minimum atomic E-state index is -0.478. The Morgan fingerprint density at radius 1 is 1.62 bits per heavy atom. The molecule has 0 aliphatic heterocycles. The Morgan fingerprint density at radius 2 is 2.38 bits per heavy atom. The predicted octanol–water partition coefficient (Wildman–Crippen LogP) is 1.27. The average Bonchev–Trinajstić information content (AvgIpc) is 1.77. The van der Waals surface area contributed by atoms with Crippen molar-refractivity contribution in [3.63, 3.8) is 0 Å². The summed E-state index contributed by atoms with van der Waals surface area (Å²) >= 11 is 5.29. The lowest BCUT2D eigenvalue weighted by Crippen LogP contribution is -1.76. The van der Waals surface area contributed by atoms with Gasteiger partial charge in [0, 0.05) is 0 Å². The first-order valence-corrected chi connectivity index (χ1v) is 2.32. The van der Waals surface area contributed by atoms with Gasteiger partial charge in [-0.3, -0.25) is 5.11 Å². The molecule has 0 N–H and O–H groups in total. The molecule has 41 valence electrons. The summed E-state index contributed by atoms with van der Waals surface area (Å²) in [6, 6.07) is 1.40. The van der Waals surface area contributed by atoms with E-state index in [1.807, 2.05) is 0 Å². The van der Waals surface area contributed by atoms with E-state index in [0.717, 1.165) is 0 Å². The minimum absolute atomic E-state index is 0.111. The Bertz CT molecular complexity index is 170. The van der Waals surface area contributed by atoms with Crippen LogP contribution in [-0.4, -0.2) is 10.2 Å². The Morgan fingerprint density at radius 3 is 2.75 bits per heavy atom. The van der Waals surface area contributed by atoms with Crippen molar-refractivity contribution in [2.45, 2.75) is 0 Å². The third kappa shape index (κ3) is 0.869. The van der Waals surface area contributed by atoms with Crippen molar-refractivity contribution in [3.8, 4) is 5.88 Å². The summed E-state index contributed by atoms with van der Waals surface area (Å²) < 4.78 is 0. The molecule has 0 bridgehead atoms. The van der Waals surface area contributed by atoms with Crippen molar-refractivity contribution in [1.82, 2.24) is 10.2 Å². The number of hydrogen-bond donors (Lipinski definition) is 0. The maximum absolute atomic E-state index is 10.3. The number of halogens is 1. The van der Waals surface area contributed by atoms with Gasteiger partial charge < -0.3 is 0 Å². The van der Waals surface area contributed by atoms with Gasteiger partial charge in [-0.05, 0) is 6.07 Å². The van der Waals surface area contributed by atoms with Crippen LogP contribution in [0, 0.1) is 0 Å². The minimum Gasteiger partial charge on any atom is -0.264 e. The molecule has 0 saturated carbocycles. The molecule has 0 aliphatic carbocycles. The van der Waals surface area contributed by atoms with Gasteiger partial charge in [0.05, 0.1) is 6.20 Å². The first-order chi connectivity index (χ1) is 3.80. The smallest absolute Gasteiger partial charge is 0.264 e. The lowest BCUT2D eigenvalue weighted by Gasteiger charge is -1.83. The van der Waals surface area contributed by atoms with Crippen molar-refractivity contribution in [3.05, 3.63) is 17.3 Å². The van der Waals surface area contributed by atoms with E-state index in [-0.39, 0.29) is 5.02 Å². The summed E-state index contributed by atoms with van der Waals surface area (Å²) in [4.78, 5) is 0. The fourth-order valence-corrected chi connectivity index (χ4v) is 0.398. The van der Waals surface area contributed by atoms with Crippen LogP contribution in [-0.2, 0) is 5.11 Å². The molecule has 1 radical (unpaired) electrons. The Kier molecular flexibility index (Phi) is 1.30. The zero-order valence-corrected chi connectivity index (χ0v) is 4.59. The van der Waals surface area contributed by atoms with E-state index in [4.69, 9.17) is 11.6 Å². The van der Waals surface area contributed by atoms with Crippen LogP contribution < -0.4 is 0 Å². The summed E-state index contributed by atoms with van der Waals surface area (Å²) in [5, 5.41) is 16.9. The summed E-state index contributed by atoms with van der Waals surface area (Å²) in [5.74, 6) is -0.478. The lowest BCUT2D eigenvalue weighted by molar-refractivity contribution is 0.332. The highest BCUT2D eigenvalue weighted by molar-refractivity contribution is 6.31. The molecule has 8 heavy (non-hydrogen) atoms. The third-order valence-electron chi connectivity index (χ3n) is 0.640. The Labute approximate surface area is 50.9 Å². The molecule has 0 fully saturated rings. The molecule has 3 nitrogen and oxygen atoms in total. The molecule has 0 saturated heterocycles. The fourth-order valence-electron chi connectivity index (χ4n) is 0.304. The van der Waals surface area contributed by atoms with E-state index in [1.165, 1.54) is 12.3 Å². The van der Waals surface area contributed by atoms with Gasteiger partial charge in [-0.25, -0.2) is 0 Å². The van der Waals surface area contributed by atoms with Gasteiger partial charge in [-0.2, -0.15) is 5.10 Å². The normalized spacial score (nSPS) is 9.12. The standard InChI is InChI=1S/C4H2ClN2O/c5-3-1-2-6-7-4(3)8/h1-2H. The molecule has 0 atom stereocenters. The summed E-state index contributed by atoms with van der Waals surface area (Å²) in [6.45, 7) is 0. The SMILES string of the molecule is [O]c1nnccc1Cl. The molecule has 0 aliphatic rings. The fraction of sp³-hybridized carbons (Fsp3) is 0. The van der Waals surface area contributed by atoms with E-state index >= 15 is 0 Å². The van der Waals surface area contributed by atoms with Crippen molar-refractivity contribution >= 4 is 11.6 Å². The maximum Gasteiger partial charge on any atom is 0.306 e. The van der Waals surface area contributed by atoms with E-state index < -0.39 is 5.88 Å². The summed E-state index contributed by atoms with van der Waals surface area (Å²) in [7, 11) is 0. The quantitative estimate of drug-likeness (QED) is 0.530. The third-order valence-corrected chi connectivity index (χ3v) is 0.928. The molecule has 4 heteroatoms. The van der Waals surface area contributed by atoms with Crippen LogP contribution in [0.3, 0.4) is 0 Å². The van der Waals surface area contributed by atoms with Crippen molar-refractivity contribution in [2.24, 2.45) is 0 Å². The van der Waals surface area contributed by atoms with Crippen LogP contribution in [0.5, 0.6) is 5.88 Å². The highest BCUT2D eigenvalue weighted by Gasteiger charge is 1.96. The summed E-state index contributed by atoms with van der Waals surface area (Å²) in [6.07, 6.45) is 1.36. The Hall–Kier alpha value is -0.830. The van der Waals surface area contributed by atoms with Crippen molar-refractivity contribution < 1.29 is 5.11 Å². The average molecular weight is 130 g/mol. The topological polar surface area (TPSA) is 45.7 Å². The van der Waals surface area contributed by atoms with Crippen molar-refractivity contribution in [2.75, 3.05) is 0 Å². The highest BCUT2D eigenvalue weighted by atomic mass is 35.5. The molecular formula is C4H2ClN2O. The van der Waals surface area contributed by atoms with Crippen LogP contribution in [0.15, 0.2) is 12.3 Å². The van der Waals surface area contributed by atoms with Gasteiger partial charge in [-0.1, -0.05) is 11.6 Å². The first kappa shape index (κ1) is 5.31. The highest BCUT2D eigenvalue weighted by Crippen LogP contribution is 2.16. The second-order valence-corrected chi connectivity index (χ2v) is 1.59. The number of hydrogen-bond acceptors (Lipinski definition) is 2. The first-order valence-electron chi connectivity index (χ1n) is 1.95. The molecule has 1 rings (SSSR count).